The van der Waals surface area contributed by atoms with E-state index >= 15 is 0 Å². The van der Waals surface area contributed by atoms with Crippen LogP contribution in [0.1, 0.15) is 11.1 Å². The van der Waals surface area contributed by atoms with Gasteiger partial charge in [0.2, 0.25) is 0 Å². The fraction of sp³-hybridized carbons (Fsp3) is 0.273. The summed E-state index contributed by atoms with van der Waals surface area (Å²) in [6, 6.07) is 3.65. The molecule has 0 N–H and O–H groups in total. The first-order valence-electron chi connectivity index (χ1n) is 4.64. The van der Waals surface area contributed by atoms with Crippen molar-refractivity contribution in [2.24, 2.45) is 7.05 Å². The minimum absolute atomic E-state index is 0.467. The third kappa shape index (κ3) is 1.57. The van der Waals surface area contributed by atoms with Crippen molar-refractivity contribution in [3.63, 3.8) is 0 Å². The Hall–Kier alpha value is -1.16. The fourth-order valence-corrected chi connectivity index (χ4v) is 1.96. The van der Waals surface area contributed by atoms with Crippen LogP contribution < -0.4 is 0 Å². The molecule has 0 saturated carbocycles. The number of aromatic nitrogens is 1. The molecule has 1 aromatic carbocycles. The lowest BCUT2D eigenvalue weighted by Crippen LogP contribution is -2.04. The van der Waals surface area contributed by atoms with Crippen molar-refractivity contribution in [2.45, 2.75) is 13.1 Å². The number of fused-ring (bicyclic) bond motifs is 1. The molecular weight excluding hydrogens is 239 g/mol. The highest BCUT2D eigenvalue weighted by Crippen LogP contribution is 2.34. The average molecular weight is 248 g/mol. The zero-order valence-corrected chi connectivity index (χ0v) is 9.45. The molecule has 0 amide bonds. The highest BCUT2D eigenvalue weighted by molar-refractivity contribution is 6.32. The van der Waals surface area contributed by atoms with Crippen LogP contribution in [-0.2, 0) is 13.2 Å². The van der Waals surface area contributed by atoms with Crippen molar-refractivity contribution in [1.29, 1.82) is 0 Å². The van der Waals surface area contributed by atoms with E-state index < -0.39 is 11.7 Å². The monoisotopic (exact) mass is 247 g/mol. The van der Waals surface area contributed by atoms with Gasteiger partial charge in [-0.15, -0.1) is 0 Å². The Morgan fingerprint density at radius 2 is 1.88 bits per heavy atom. The first-order valence-corrected chi connectivity index (χ1v) is 5.02. The third-order valence-corrected chi connectivity index (χ3v) is 3.23. The largest absolute Gasteiger partial charge is 0.416 e. The molecule has 1 nitrogen and oxygen atoms in total. The van der Waals surface area contributed by atoms with Gasteiger partial charge >= 0.3 is 6.18 Å². The molecule has 0 atom stereocenters. The van der Waals surface area contributed by atoms with Gasteiger partial charge in [-0.2, -0.15) is 13.2 Å². The lowest BCUT2D eigenvalue weighted by atomic mass is 10.1. The van der Waals surface area contributed by atoms with Crippen molar-refractivity contribution < 1.29 is 13.2 Å². The Bertz CT molecular complexity index is 554. The number of halogens is 4. The predicted molar refractivity (Wildman–Crippen MR) is 57.7 cm³/mol. The average Bonchev–Trinajstić information content (AvgIpc) is 2.43. The second-order valence-electron chi connectivity index (χ2n) is 3.70. The zero-order chi connectivity index (χ0) is 12.1. The molecule has 0 radical (unpaired) electrons. The fourth-order valence-electron chi connectivity index (χ4n) is 1.77. The third-order valence-electron chi connectivity index (χ3n) is 2.69. The lowest BCUT2D eigenvalue weighted by molar-refractivity contribution is -0.137. The summed E-state index contributed by atoms with van der Waals surface area (Å²) in [6.45, 7) is 1.79. The van der Waals surface area contributed by atoms with Gasteiger partial charge in [0, 0.05) is 18.0 Å². The molecule has 1 aromatic heterocycles. The molecule has 0 spiro atoms. The van der Waals surface area contributed by atoms with E-state index in [1.807, 2.05) is 0 Å². The quantitative estimate of drug-likeness (QED) is 0.659. The standard InChI is InChI=1S/C11H9ClF3N/c1-6-8-4-3-7(11(13,14)15)5-9(8)16(2)10(6)12/h3-5H,1-2H3. The van der Waals surface area contributed by atoms with Gasteiger partial charge in [-0.1, -0.05) is 17.7 Å². The molecule has 1 heterocycles. The first-order chi connectivity index (χ1) is 7.32. The van der Waals surface area contributed by atoms with E-state index in [1.165, 1.54) is 6.07 Å². The van der Waals surface area contributed by atoms with Gasteiger partial charge in [0.25, 0.3) is 0 Å². The molecule has 86 valence electrons. The molecule has 0 bridgehead atoms. The number of benzene rings is 1. The molecule has 16 heavy (non-hydrogen) atoms. The number of alkyl halides is 3. The number of hydrogen-bond donors (Lipinski definition) is 0. The molecule has 0 unspecified atom stereocenters. The second kappa shape index (κ2) is 3.42. The molecule has 0 saturated heterocycles. The van der Waals surface area contributed by atoms with Crippen molar-refractivity contribution in [2.75, 3.05) is 0 Å². The summed E-state index contributed by atoms with van der Waals surface area (Å²) in [7, 11) is 1.65. The van der Waals surface area contributed by atoms with Crippen molar-refractivity contribution >= 4 is 22.5 Å². The lowest BCUT2D eigenvalue weighted by Gasteiger charge is -2.07. The molecule has 0 aliphatic rings. The second-order valence-corrected chi connectivity index (χ2v) is 4.06. The normalized spacial score (nSPS) is 12.4. The minimum Gasteiger partial charge on any atom is -0.335 e. The molecule has 0 aliphatic carbocycles. The maximum Gasteiger partial charge on any atom is 0.416 e. The van der Waals surface area contributed by atoms with Gasteiger partial charge in [-0.05, 0) is 24.6 Å². The minimum atomic E-state index is -4.32. The molecule has 0 aliphatic heterocycles. The van der Waals surface area contributed by atoms with E-state index in [4.69, 9.17) is 11.6 Å². The van der Waals surface area contributed by atoms with Crippen molar-refractivity contribution in [1.82, 2.24) is 4.57 Å². The Balaban J connectivity index is 2.77. The Labute approximate surface area is 95.4 Å². The summed E-state index contributed by atoms with van der Waals surface area (Å²) in [5, 5.41) is 1.22. The summed E-state index contributed by atoms with van der Waals surface area (Å²) in [4.78, 5) is 0. The molecule has 2 aromatic rings. The van der Waals surface area contributed by atoms with E-state index in [9.17, 15) is 13.2 Å². The number of aryl methyl sites for hydroxylation is 2. The Morgan fingerprint density at radius 1 is 1.25 bits per heavy atom. The van der Waals surface area contributed by atoms with Gasteiger partial charge in [-0.25, -0.2) is 0 Å². The summed E-state index contributed by atoms with van der Waals surface area (Å²) in [6.07, 6.45) is -4.32. The summed E-state index contributed by atoms with van der Waals surface area (Å²) >= 11 is 5.97. The van der Waals surface area contributed by atoms with Crippen molar-refractivity contribution in [3.05, 3.63) is 34.5 Å². The van der Waals surface area contributed by atoms with Crippen LogP contribution in [-0.4, -0.2) is 4.57 Å². The Kier molecular flexibility index (Phi) is 2.42. The molecule has 5 heteroatoms. The summed E-state index contributed by atoms with van der Waals surface area (Å²) in [5.41, 5.74) is 0.641. The van der Waals surface area contributed by atoms with Gasteiger partial charge < -0.3 is 4.57 Å². The first kappa shape index (κ1) is 11.3. The zero-order valence-electron chi connectivity index (χ0n) is 8.69. The van der Waals surface area contributed by atoms with Gasteiger partial charge in [0.05, 0.1) is 5.56 Å². The predicted octanol–water partition coefficient (Wildman–Crippen LogP) is 4.16. The highest BCUT2D eigenvalue weighted by Gasteiger charge is 2.31. The van der Waals surface area contributed by atoms with Gasteiger partial charge in [0.15, 0.2) is 0 Å². The summed E-state index contributed by atoms with van der Waals surface area (Å²) < 4.78 is 39.1. The van der Waals surface area contributed by atoms with Crippen molar-refractivity contribution in [3.8, 4) is 0 Å². The number of rotatable bonds is 0. The van der Waals surface area contributed by atoms with E-state index in [-0.39, 0.29) is 0 Å². The maximum atomic E-state index is 12.5. The van der Waals surface area contributed by atoms with Crippen LogP contribution in [0.25, 0.3) is 10.9 Å². The van der Waals surface area contributed by atoms with Crippen LogP contribution >= 0.6 is 11.6 Å². The smallest absolute Gasteiger partial charge is 0.335 e. The summed E-state index contributed by atoms with van der Waals surface area (Å²) in [5.74, 6) is 0. The topological polar surface area (TPSA) is 4.93 Å². The molecular formula is C11H9ClF3N. The van der Waals surface area contributed by atoms with E-state index in [0.29, 0.717) is 10.7 Å². The van der Waals surface area contributed by atoms with E-state index in [1.54, 1.807) is 18.5 Å². The van der Waals surface area contributed by atoms with Crippen LogP contribution in [0.2, 0.25) is 5.15 Å². The van der Waals surface area contributed by atoms with Crippen LogP contribution in [0.15, 0.2) is 18.2 Å². The van der Waals surface area contributed by atoms with Crippen LogP contribution in [0, 0.1) is 6.92 Å². The number of hydrogen-bond acceptors (Lipinski definition) is 0. The van der Waals surface area contributed by atoms with Crippen LogP contribution in [0.5, 0.6) is 0 Å². The maximum absolute atomic E-state index is 12.5. The van der Waals surface area contributed by atoms with Crippen LogP contribution in [0.3, 0.4) is 0 Å². The highest BCUT2D eigenvalue weighted by atomic mass is 35.5. The van der Waals surface area contributed by atoms with Crippen LogP contribution in [0.4, 0.5) is 13.2 Å². The molecule has 2 rings (SSSR count). The number of nitrogens with zero attached hydrogens (tertiary/aromatic N) is 1. The van der Waals surface area contributed by atoms with Gasteiger partial charge in [0.1, 0.15) is 5.15 Å². The molecule has 0 fully saturated rings. The Morgan fingerprint density at radius 3 is 2.44 bits per heavy atom. The van der Waals surface area contributed by atoms with E-state index in [0.717, 1.165) is 23.1 Å². The SMILES string of the molecule is Cc1c(Cl)n(C)c2cc(C(F)(F)F)ccc12. The van der Waals surface area contributed by atoms with Gasteiger partial charge in [-0.3, -0.25) is 0 Å². The van der Waals surface area contributed by atoms with E-state index in [2.05, 4.69) is 0 Å².